The number of carbonyl (C=O) groups is 2. The summed E-state index contributed by atoms with van der Waals surface area (Å²) < 4.78 is 5.15. The zero-order valence-electron chi connectivity index (χ0n) is 14.4. The van der Waals surface area contributed by atoms with Crippen LogP contribution < -0.4 is 10.1 Å². The van der Waals surface area contributed by atoms with E-state index in [0.29, 0.717) is 11.4 Å². The van der Waals surface area contributed by atoms with Gasteiger partial charge in [0.15, 0.2) is 6.61 Å². The second-order valence-electron chi connectivity index (χ2n) is 6.31. The molecule has 6 nitrogen and oxygen atoms in total. The predicted octanol–water partition coefficient (Wildman–Crippen LogP) is 2.75. The van der Waals surface area contributed by atoms with Crippen LogP contribution in [0.3, 0.4) is 0 Å². The molecule has 26 heavy (non-hydrogen) atoms. The van der Waals surface area contributed by atoms with Crippen LogP contribution in [0.5, 0.6) is 5.75 Å². The van der Waals surface area contributed by atoms with Crippen molar-refractivity contribution in [1.29, 1.82) is 0 Å². The molecule has 0 radical (unpaired) electrons. The van der Waals surface area contributed by atoms with Gasteiger partial charge in [0.2, 0.25) is 5.91 Å². The number of nitrogens with one attached hydrogen (secondary N) is 1. The molecule has 1 fully saturated rings. The maximum atomic E-state index is 12.7. The van der Waals surface area contributed by atoms with Gasteiger partial charge in [-0.25, -0.2) is 4.79 Å². The minimum absolute atomic E-state index is 0.0474. The van der Waals surface area contributed by atoms with Crippen molar-refractivity contribution < 1.29 is 19.4 Å². The van der Waals surface area contributed by atoms with E-state index in [-0.39, 0.29) is 11.9 Å². The standard InChI is InChI=1S/C20H22N2O4/c23-19(24)14-26-17-9-4-8-16(12-17)21-20(25)18-10-5-11-22(18)13-15-6-2-1-3-7-15/h1-4,6-9,12,18H,5,10-11,13-14H2,(H,21,25)(H,23,24). The summed E-state index contributed by atoms with van der Waals surface area (Å²) >= 11 is 0. The topological polar surface area (TPSA) is 78.9 Å². The third kappa shape index (κ3) is 4.83. The minimum Gasteiger partial charge on any atom is -0.482 e. The van der Waals surface area contributed by atoms with Crippen molar-refractivity contribution in [3.8, 4) is 5.75 Å². The number of amides is 1. The van der Waals surface area contributed by atoms with Crippen LogP contribution in [0, 0.1) is 0 Å². The molecule has 2 N–H and O–H groups in total. The Hall–Kier alpha value is -2.86. The molecule has 1 amide bonds. The highest BCUT2D eigenvalue weighted by atomic mass is 16.5. The van der Waals surface area contributed by atoms with Gasteiger partial charge < -0.3 is 15.2 Å². The van der Waals surface area contributed by atoms with Crippen molar-refractivity contribution in [1.82, 2.24) is 4.90 Å². The summed E-state index contributed by atoms with van der Waals surface area (Å²) in [5.41, 5.74) is 1.79. The van der Waals surface area contributed by atoms with E-state index in [4.69, 9.17) is 9.84 Å². The maximum Gasteiger partial charge on any atom is 0.341 e. The third-order valence-electron chi connectivity index (χ3n) is 4.36. The molecular formula is C20H22N2O4. The van der Waals surface area contributed by atoms with Crippen LogP contribution in [0.15, 0.2) is 54.6 Å². The number of anilines is 1. The van der Waals surface area contributed by atoms with Crippen molar-refractivity contribution in [2.45, 2.75) is 25.4 Å². The molecule has 1 atom stereocenters. The highest BCUT2D eigenvalue weighted by Gasteiger charge is 2.30. The van der Waals surface area contributed by atoms with Crippen LogP contribution in [0.1, 0.15) is 18.4 Å². The number of benzene rings is 2. The van der Waals surface area contributed by atoms with Crippen LogP contribution >= 0.6 is 0 Å². The molecule has 2 aromatic carbocycles. The molecule has 0 aromatic heterocycles. The quantitative estimate of drug-likeness (QED) is 0.799. The first kappa shape index (κ1) is 17.9. The van der Waals surface area contributed by atoms with Gasteiger partial charge in [0.05, 0.1) is 6.04 Å². The minimum atomic E-state index is -1.04. The van der Waals surface area contributed by atoms with Gasteiger partial charge >= 0.3 is 5.97 Å². The lowest BCUT2D eigenvalue weighted by molar-refractivity contribution is -0.139. The first-order chi connectivity index (χ1) is 12.6. The Kier molecular flexibility index (Phi) is 5.86. The van der Waals surface area contributed by atoms with Gasteiger partial charge in [-0.05, 0) is 37.1 Å². The molecule has 2 aromatic rings. The third-order valence-corrected chi connectivity index (χ3v) is 4.36. The number of carbonyl (C=O) groups excluding carboxylic acids is 1. The molecule has 6 heteroatoms. The number of likely N-dealkylation sites (tertiary alicyclic amines) is 1. The number of ether oxygens (including phenoxy) is 1. The van der Waals surface area contributed by atoms with Crippen LogP contribution in [0.25, 0.3) is 0 Å². The first-order valence-electron chi connectivity index (χ1n) is 8.65. The van der Waals surface area contributed by atoms with E-state index in [1.54, 1.807) is 24.3 Å². The van der Waals surface area contributed by atoms with Gasteiger partial charge in [0.1, 0.15) is 5.75 Å². The lowest BCUT2D eigenvalue weighted by Crippen LogP contribution is -2.39. The van der Waals surface area contributed by atoms with Gasteiger partial charge in [-0.1, -0.05) is 36.4 Å². The van der Waals surface area contributed by atoms with Crippen molar-refractivity contribution in [2.24, 2.45) is 0 Å². The van der Waals surface area contributed by atoms with Gasteiger partial charge in [-0.3, -0.25) is 9.69 Å². The number of hydrogen-bond acceptors (Lipinski definition) is 4. The zero-order valence-corrected chi connectivity index (χ0v) is 14.4. The fraction of sp³-hybridized carbons (Fsp3) is 0.300. The van der Waals surface area contributed by atoms with E-state index >= 15 is 0 Å². The molecule has 1 saturated heterocycles. The average molecular weight is 354 g/mol. The van der Waals surface area contributed by atoms with Crippen LogP contribution in [0.2, 0.25) is 0 Å². The first-order valence-corrected chi connectivity index (χ1v) is 8.65. The summed E-state index contributed by atoms with van der Waals surface area (Å²) in [5, 5.41) is 11.6. The molecule has 0 bridgehead atoms. The number of carboxylic acids is 1. The van der Waals surface area contributed by atoms with E-state index < -0.39 is 12.6 Å². The van der Waals surface area contributed by atoms with Gasteiger partial charge in [0, 0.05) is 18.3 Å². The molecule has 1 aliphatic heterocycles. The van der Waals surface area contributed by atoms with E-state index in [1.807, 2.05) is 18.2 Å². The van der Waals surface area contributed by atoms with Crippen molar-refractivity contribution in [3.05, 3.63) is 60.2 Å². The Labute approximate surface area is 152 Å². The molecular weight excluding hydrogens is 332 g/mol. The number of nitrogens with zero attached hydrogens (tertiary/aromatic N) is 1. The highest BCUT2D eigenvalue weighted by molar-refractivity contribution is 5.95. The zero-order chi connectivity index (χ0) is 18.4. The van der Waals surface area contributed by atoms with Crippen molar-refractivity contribution in [2.75, 3.05) is 18.5 Å². The lowest BCUT2D eigenvalue weighted by Gasteiger charge is -2.23. The Morgan fingerprint density at radius 3 is 2.73 bits per heavy atom. The summed E-state index contributed by atoms with van der Waals surface area (Å²) in [7, 11) is 0. The maximum absolute atomic E-state index is 12.7. The summed E-state index contributed by atoms with van der Waals surface area (Å²) in [6.45, 7) is 1.24. The Morgan fingerprint density at radius 2 is 1.96 bits per heavy atom. The summed E-state index contributed by atoms with van der Waals surface area (Å²) in [6.07, 6.45) is 1.82. The molecule has 0 spiro atoms. The summed E-state index contributed by atoms with van der Waals surface area (Å²) in [6, 6.07) is 16.7. The summed E-state index contributed by atoms with van der Waals surface area (Å²) in [5.74, 6) is -0.673. The normalized spacial score (nSPS) is 17.0. The lowest BCUT2D eigenvalue weighted by atomic mass is 10.1. The Bertz CT molecular complexity index is 763. The number of hydrogen-bond donors (Lipinski definition) is 2. The van der Waals surface area contributed by atoms with Crippen molar-refractivity contribution in [3.63, 3.8) is 0 Å². The molecule has 3 rings (SSSR count). The van der Waals surface area contributed by atoms with Gasteiger partial charge in [0.25, 0.3) is 0 Å². The Morgan fingerprint density at radius 1 is 1.15 bits per heavy atom. The second kappa shape index (κ2) is 8.49. The number of rotatable bonds is 7. The molecule has 1 heterocycles. The smallest absolute Gasteiger partial charge is 0.341 e. The average Bonchev–Trinajstić information content (AvgIpc) is 3.09. The van der Waals surface area contributed by atoms with E-state index in [2.05, 4.69) is 22.3 Å². The number of aliphatic carboxylic acids is 1. The largest absolute Gasteiger partial charge is 0.482 e. The second-order valence-corrected chi connectivity index (χ2v) is 6.31. The Balaban J connectivity index is 1.61. The van der Waals surface area contributed by atoms with Crippen molar-refractivity contribution >= 4 is 17.6 Å². The van der Waals surface area contributed by atoms with Crippen LogP contribution in [0.4, 0.5) is 5.69 Å². The monoisotopic (exact) mass is 354 g/mol. The van der Waals surface area contributed by atoms with Gasteiger partial charge in [-0.15, -0.1) is 0 Å². The predicted molar refractivity (Wildman–Crippen MR) is 98.1 cm³/mol. The SMILES string of the molecule is O=C(O)COc1cccc(NC(=O)C2CCCN2Cc2ccccc2)c1. The van der Waals surface area contributed by atoms with E-state index in [0.717, 1.165) is 25.9 Å². The number of carboxylic acid groups (broad SMARTS) is 1. The van der Waals surface area contributed by atoms with E-state index in [1.165, 1.54) is 5.56 Å². The van der Waals surface area contributed by atoms with Crippen LogP contribution in [-0.2, 0) is 16.1 Å². The fourth-order valence-corrected chi connectivity index (χ4v) is 3.16. The molecule has 136 valence electrons. The fourth-order valence-electron chi connectivity index (χ4n) is 3.16. The molecule has 1 unspecified atom stereocenters. The molecule has 1 aliphatic rings. The van der Waals surface area contributed by atoms with Gasteiger partial charge in [-0.2, -0.15) is 0 Å². The molecule has 0 saturated carbocycles. The van der Waals surface area contributed by atoms with E-state index in [9.17, 15) is 9.59 Å². The molecule has 0 aliphatic carbocycles. The highest BCUT2D eigenvalue weighted by Crippen LogP contribution is 2.23. The van der Waals surface area contributed by atoms with Crippen LogP contribution in [-0.4, -0.2) is 41.1 Å². The summed E-state index contributed by atoms with van der Waals surface area (Å²) in [4.78, 5) is 25.5.